The van der Waals surface area contributed by atoms with Crippen LogP contribution in [0.25, 0.3) is 0 Å². The van der Waals surface area contributed by atoms with Gasteiger partial charge in [-0.15, -0.1) is 0 Å². The van der Waals surface area contributed by atoms with Gasteiger partial charge in [-0.25, -0.2) is 4.39 Å². The zero-order valence-corrected chi connectivity index (χ0v) is 13.4. The van der Waals surface area contributed by atoms with Crippen molar-refractivity contribution in [1.29, 1.82) is 0 Å². The maximum absolute atomic E-state index is 13.8. The number of carbonyl (C=O) groups excluding carboxylic acids is 1. The molecule has 5 nitrogen and oxygen atoms in total. The van der Waals surface area contributed by atoms with Crippen LogP contribution in [0.4, 0.5) is 10.1 Å². The van der Waals surface area contributed by atoms with Gasteiger partial charge in [0.25, 0.3) is 0 Å². The van der Waals surface area contributed by atoms with Crippen molar-refractivity contribution in [2.75, 3.05) is 64.8 Å². The summed E-state index contributed by atoms with van der Waals surface area (Å²) in [7, 11) is 4.01. The number of anilines is 1. The number of benzene rings is 1. The molecule has 1 heterocycles. The molecule has 2 rings (SSSR count). The standard InChI is InChI=1S/C16H25FN4O/c1-19(2)8-7-18-13-16(22)21-11-9-20(10-12-21)15-6-4-3-5-14(15)17/h3-6,18H,7-13H2,1-2H3. The molecule has 0 saturated carbocycles. The second kappa shape index (κ2) is 8.10. The third-order valence-electron chi connectivity index (χ3n) is 3.84. The van der Waals surface area contributed by atoms with Gasteiger partial charge in [-0.1, -0.05) is 12.1 Å². The summed E-state index contributed by atoms with van der Waals surface area (Å²) in [5.74, 6) is -0.0837. The third-order valence-corrected chi connectivity index (χ3v) is 3.84. The minimum atomic E-state index is -0.201. The fourth-order valence-electron chi connectivity index (χ4n) is 2.51. The number of amides is 1. The first-order valence-electron chi connectivity index (χ1n) is 7.70. The first kappa shape index (κ1) is 16.7. The zero-order chi connectivity index (χ0) is 15.9. The topological polar surface area (TPSA) is 38.8 Å². The van der Waals surface area contributed by atoms with Gasteiger partial charge in [0.05, 0.1) is 12.2 Å². The summed E-state index contributed by atoms with van der Waals surface area (Å²) in [5.41, 5.74) is 0.624. The molecule has 0 unspecified atom stereocenters. The lowest BCUT2D eigenvalue weighted by Gasteiger charge is -2.36. The number of nitrogens with zero attached hydrogens (tertiary/aromatic N) is 3. The van der Waals surface area contributed by atoms with E-state index in [1.807, 2.05) is 30.0 Å². The molecule has 1 fully saturated rings. The summed E-state index contributed by atoms with van der Waals surface area (Å²) in [6.45, 7) is 4.70. The lowest BCUT2D eigenvalue weighted by Crippen LogP contribution is -2.51. The highest BCUT2D eigenvalue weighted by Gasteiger charge is 2.22. The average Bonchev–Trinajstić information content (AvgIpc) is 2.52. The number of rotatable bonds is 6. The summed E-state index contributed by atoms with van der Waals surface area (Å²) in [6, 6.07) is 6.79. The first-order chi connectivity index (χ1) is 10.6. The fraction of sp³-hybridized carbons (Fsp3) is 0.562. The Morgan fingerprint density at radius 2 is 1.91 bits per heavy atom. The molecule has 22 heavy (non-hydrogen) atoms. The van der Waals surface area contributed by atoms with E-state index in [4.69, 9.17) is 0 Å². The summed E-state index contributed by atoms with van der Waals surface area (Å²) in [6.07, 6.45) is 0. The number of hydrogen-bond donors (Lipinski definition) is 1. The molecule has 0 aromatic heterocycles. The molecule has 1 saturated heterocycles. The molecule has 1 aliphatic rings. The molecule has 1 aromatic rings. The van der Waals surface area contributed by atoms with Crippen LogP contribution in [0.1, 0.15) is 0 Å². The first-order valence-corrected chi connectivity index (χ1v) is 7.70. The van der Waals surface area contributed by atoms with Crippen molar-refractivity contribution in [3.05, 3.63) is 30.1 Å². The van der Waals surface area contributed by atoms with Crippen LogP contribution >= 0.6 is 0 Å². The van der Waals surface area contributed by atoms with Crippen LogP contribution in [-0.4, -0.2) is 75.6 Å². The van der Waals surface area contributed by atoms with Crippen molar-refractivity contribution in [2.45, 2.75) is 0 Å². The molecule has 0 atom stereocenters. The highest BCUT2D eigenvalue weighted by molar-refractivity contribution is 5.78. The molecule has 1 N–H and O–H groups in total. The fourth-order valence-corrected chi connectivity index (χ4v) is 2.51. The zero-order valence-electron chi connectivity index (χ0n) is 13.4. The SMILES string of the molecule is CN(C)CCNCC(=O)N1CCN(c2ccccc2F)CC1. The van der Waals surface area contributed by atoms with Crippen molar-refractivity contribution in [1.82, 2.24) is 15.1 Å². The smallest absolute Gasteiger partial charge is 0.236 e. The second-order valence-electron chi connectivity index (χ2n) is 5.80. The van der Waals surface area contributed by atoms with Gasteiger partial charge in [0.1, 0.15) is 5.82 Å². The molecule has 1 aromatic carbocycles. The summed E-state index contributed by atoms with van der Waals surface area (Å²) in [4.78, 5) is 18.0. The number of piperazine rings is 1. The molecule has 0 radical (unpaired) electrons. The highest BCUT2D eigenvalue weighted by atomic mass is 19.1. The maximum atomic E-state index is 13.8. The van der Waals surface area contributed by atoms with Crippen molar-refractivity contribution in [3.63, 3.8) is 0 Å². The number of halogens is 1. The van der Waals surface area contributed by atoms with E-state index in [0.29, 0.717) is 38.4 Å². The minimum Gasteiger partial charge on any atom is -0.366 e. The Balaban J connectivity index is 1.75. The van der Waals surface area contributed by atoms with E-state index in [1.165, 1.54) is 6.07 Å². The van der Waals surface area contributed by atoms with Crippen molar-refractivity contribution in [3.8, 4) is 0 Å². The molecule has 6 heteroatoms. The van der Waals surface area contributed by atoms with Gasteiger partial charge in [-0.3, -0.25) is 4.79 Å². The van der Waals surface area contributed by atoms with Gasteiger partial charge in [0, 0.05) is 39.3 Å². The van der Waals surface area contributed by atoms with E-state index in [0.717, 1.165) is 13.1 Å². The van der Waals surface area contributed by atoms with E-state index >= 15 is 0 Å². The van der Waals surface area contributed by atoms with E-state index in [9.17, 15) is 9.18 Å². The second-order valence-corrected chi connectivity index (χ2v) is 5.80. The number of hydrogen-bond acceptors (Lipinski definition) is 4. The minimum absolute atomic E-state index is 0.118. The molecule has 0 spiro atoms. The van der Waals surface area contributed by atoms with Crippen molar-refractivity contribution in [2.24, 2.45) is 0 Å². The summed E-state index contributed by atoms with van der Waals surface area (Å²) >= 11 is 0. The van der Waals surface area contributed by atoms with Crippen LogP contribution in [0.15, 0.2) is 24.3 Å². The Hall–Kier alpha value is -1.66. The molecule has 0 bridgehead atoms. The van der Waals surface area contributed by atoms with Gasteiger partial charge >= 0.3 is 0 Å². The summed E-state index contributed by atoms with van der Waals surface area (Å²) in [5, 5.41) is 3.16. The normalized spacial score (nSPS) is 15.5. The van der Waals surface area contributed by atoms with Gasteiger partial charge in [-0.2, -0.15) is 0 Å². The Kier molecular flexibility index (Phi) is 6.15. The highest BCUT2D eigenvalue weighted by Crippen LogP contribution is 2.19. The van der Waals surface area contributed by atoms with E-state index < -0.39 is 0 Å². The Morgan fingerprint density at radius 1 is 1.23 bits per heavy atom. The van der Waals surface area contributed by atoms with Crippen LogP contribution in [0, 0.1) is 5.82 Å². The van der Waals surface area contributed by atoms with Gasteiger partial charge in [0.15, 0.2) is 0 Å². The van der Waals surface area contributed by atoms with E-state index in [-0.39, 0.29) is 11.7 Å². The van der Waals surface area contributed by atoms with Gasteiger partial charge < -0.3 is 20.0 Å². The molecule has 122 valence electrons. The molecular weight excluding hydrogens is 283 g/mol. The summed E-state index contributed by atoms with van der Waals surface area (Å²) < 4.78 is 13.8. The Labute approximate surface area is 131 Å². The molecular formula is C16H25FN4O. The Morgan fingerprint density at radius 3 is 2.55 bits per heavy atom. The number of nitrogens with one attached hydrogen (secondary N) is 1. The van der Waals surface area contributed by atoms with E-state index in [2.05, 4.69) is 10.2 Å². The lowest BCUT2D eigenvalue weighted by atomic mass is 10.2. The van der Waals surface area contributed by atoms with Crippen LogP contribution in [0.2, 0.25) is 0 Å². The number of likely N-dealkylation sites (N-methyl/N-ethyl adjacent to an activating group) is 1. The van der Waals surface area contributed by atoms with Crippen LogP contribution in [0.5, 0.6) is 0 Å². The average molecular weight is 308 g/mol. The van der Waals surface area contributed by atoms with Crippen molar-refractivity contribution < 1.29 is 9.18 Å². The largest absolute Gasteiger partial charge is 0.366 e. The maximum Gasteiger partial charge on any atom is 0.236 e. The third kappa shape index (κ3) is 4.68. The van der Waals surface area contributed by atoms with Crippen LogP contribution in [-0.2, 0) is 4.79 Å². The number of carbonyl (C=O) groups is 1. The van der Waals surface area contributed by atoms with Crippen LogP contribution < -0.4 is 10.2 Å². The lowest BCUT2D eigenvalue weighted by molar-refractivity contribution is -0.130. The Bertz CT molecular complexity index is 487. The van der Waals surface area contributed by atoms with Gasteiger partial charge in [-0.05, 0) is 26.2 Å². The monoisotopic (exact) mass is 308 g/mol. The molecule has 1 amide bonds. The number of para-hydroxylation sites is 1. The molecule has 0 aliphatic carbocycles. The predicted octanol–water partition coefficient (Wildman–Crippen LogP) is 0.626. The molecule has 1 aliphatic heterocycles. The quantitative estimate of drug-likeness (QED) is 0.782. The van der Waals surface area contributed by atoms with E-state index in [1.54, 1.807) is 12.1 Å². The predicted molar refractivity (Wildman–Crippen MR) is 86.6 cm³/mol. The van der Waals surface area contributed by atoms with Crippen LogP contribution in [0.3, 0.4) is 0 Å². The van der Waals surface area contributed by atoms with Crippen molar-refractivity contribution >= 4 is 11.6 Å². The van der Waals surface area contributed by atoms with Gasteiger partial charge in [0.2, 0.25) is 5.91 Å².